The summed E-state index contributed by atoms with van der Waals surface area (Å²) in [6.45, 7) is 4.35. The molecule has 1 aromatic carbocycles. The summed E-state index contributed by atoms with van der Waals surface area (Å²) >= 11 is 9.42. The highest BCUT2D eigenvalue weighted by atomic mass is 79.9. The molecular weight excluding hydrogens is 338 g/mol. The summed E-state index contributed by atoms with van der Waals surface area (Å²) in [5.74, 6) is 0. The third-order valence-electron chi connectivity index (χ3n) is 2.89. The molecule has 0 radical (unpaired) electrons. The number of hydrogen-bond acceptors (Lipinski definition) is 3. The molecule has 0 saturated heterocycles. The molecule has 1 rings (SSSR count). The van der Waals surface area contributed by atoms with Crippen LogP contribution in [0.25, 0.3) is 0 Å². The van der Waals surface area contributed by atoms with Gasteiger partial charge in [-0.1, -0.05) is 33.6 Å². The molecule has 102 valence electrons. The Morgan fingerprint density at radius 2 is 2.00 bits per heavy atom. The van der Waals surface area contributed by atoms with Crippen molar-refractivity contribution in [1.29, 1.82) is 0 Å². The number of hydrogen-bond donors (Lipinski definition) is 1. The number of nitrogens with one attached hydrogen (secondary N) is 1. The summed E-state index contributed by atoms with van der Waals surface area (Å²) in [5.41, 5.74) is 0.948. The molecule has 0 aliphatic rings. The van der Waals surface area contributed by atoms with Gasteiger partial charge in [0.2, 0.25) is 0 Å². The van der Waals surface area contributed by atoms with Gasteiger partial charge in [0.15, 0.2) is 9.84 Å². The monoisotopic (exact) mass is 353 g/mol. The molecule has 0 spiro atoms. The second-order valence-corrected chi connectivity index (χ2v) is 8.84. The Kier molecular flexibility index (Phi) is 5.23. The van der Waals surface area contributed by atoms with Crippen molar-refractivity contribution in [2.24, 2.45) is 0 Å². The molecule has 1 N–H and O–H groups in total. The van der Waals surface area contributed by atoms with Crippen LogP contribution in [0.5, 0.6) is 0 Å². The summed E-state index contributed by atoms with van der Waals surface area (Å²) in [6.07, 6.45) is 1.25. The van der Waals surface area contributed by atoms with Crippen LogP contribution in [-0.2, 0) is 16.4 Å². The van der Waals surface area contributed by atoms with Gasteiger partial charge in [-0.05, 0) is 31.5 Å². The molecule has 0 aromatic heterocycles. The van der Waals surface area contributed by atoms with E-state index in [2.05, 4.69) is 21.2 Å². The van der Waals surface area contributed by atoms with Crippen molar-refractivity contribution in [3.05, 3.63) is 33.3 Å². The lowest BCUT2D eigenvalue weighted by molar-refractivity contribution is 0.521. The van der Waals surface area contributed by atoms with Crippen LogP contribution in [-0.4, -0.2) is 26.0 Å². The first-order valence-electron chi connectivity index (χ1n) is 5.48. The third-order valence-corrected chi connectivity index (χ3v) is 5.88. The fourth-order valence-corrected chi connectivity index (χ4v) is 2.40. The van der Waals surface area contributed by atoms with E-state index in [1.54, 1.807) is 13.8 Å². The van der Waals surface area contributed by atoms with E-state index in [0.29, 0.717) is 18.1 Å². The lowest BCUT2D eigenvalue weighted by atomic mass is 10.2. The summed E-state index contributed by atoms with van der Waals surface area (Å²) in [6, 6.07) is 5.64. The minimum absolute atomic E-state index is 0.387. The van der Waals surface area contributed by atoms with Crippen molar-refractivity contribution in [1.82, 2.24) is 5.32 Å². The van der Waals surface area contributed by atoms with Gasteiger partial charge in [0.1, 0.15) is 0 Å². The number of sulfone groups is 1. The molecule has 18 heavy (non-hydrogen) atoms. The quantitative estimate of drug-likeness (QED) is 0.884. The molecule has 0 aliphatic carbocycles. The van der Waals surface area contributed by atoms with Gasteiger partial charge in [-0.15, -0.1) is 0 Å². The van der Waals surface area contributed by atoms with E-state index in [4.69, 9.17) is 11.6 Å². The maximum Gasteiger partial charge on any atom is 0.153 e. The van der Waals surface area contributed by atoms with Crippen molar-refractivity contribution >= 4 is 37.4 Å². The molecule has 0 aliphatic heterocycles. The first-order valence-corrected chi connectivity index (χ1v) is 8.54. The fraction of sp³-hybridized carbons (Fsp3) is 0.500. The van der Waals surface area contributed by atoms with Crippen LogP contribution in [0.15, 0.2) is 22.7 Å². The molecule has 3 nitrogen and oxygen atoms in total. The molecule has 0 unspecified atom stereocenters. The largest absolute Gasteiger partial charge is 0.311 e. The Morgan fingerprint density at radius 3 is 2.50 bits per heavy atom. The Bertz CT molecular complexity index is 529. The fourth-order valence-electron chi connectivity index (χ4n) is 1.29. The van der Waals surface area contributed by atoms with E-state index in [0.717, 1.165) is 10.0 Å². The van der Waals surface area contributed by atoms with Crippen LogP contribution >= 0.6 is 27.5 Å². The van der Waals surface area contributed by atoms with Crippen LogP contribution in [0.2, 0.25) is 5.02 Å². The second kappa shape index (κ2) is 5.90. The molecular formula is C12H17BrClNO2S. The topological polar surface area (TPSA) is 46.2 Å². The zero-order valence-electron chi connectivity index (χ0n) is 10.6. The highest BCUT2D eigenvalue weighted by Crippen LogP contribution is 2.21. The second-order valence-electron chi connectivity index (χ2n) is 4.87. The lowest BCUT2D eigenvalue weighted by Gasteiger charge is -2.23. The van der Waals surface area contributed by atoms with E-state index in [-0.39, 0.29) is 0 Å². The van der Waals surface area contributed by atoms with Crippen LogP contribution in [0.3, 0.4) is 0 Å². The van der Waals surface area contributed by atoms with Crippen molar-refractivity contribution in [2.75, 3.05) is 12.8 Å². The first-order chi connectivity index (χ1) is 8.13. The van der Waals surface area contributed by atoms with E-state index >= 15 is 0 Å². The Balaban J connectivity index is 2.62. The van der Waals surface area contributed by atoms with E-state index in [1.165, 1.54) is 6.26 Å². The number of halogens is 2. The minimum atomic E-state index is -3.08. The smallest absolute Gasteiger partial charge is 0.153 e. The highest BCUT2D eigenvalue weighted by molar-refractivity contribution is 9.10. The highest BCUT2D eigenvalue weighted by Gasteiger charge is 2.29. The van der Waals surface area contributed by atoms with Gasteiger partial charge in [-0.25, -0.2) is 8.42 Å². The Labute approximate surface area is 122 Å². The van der Waals surface area contributed by atoms with Gasteiger partial charge in [0.05, 0.1) is 4.75 Å². The summed E-state index contributed by atoms with van der Waals surface area (Å²) in [4.78, 5) is 0. The predicted octanol–water partition coefficient (Wildman–Crippen LogP) is 3.02. The van der Waals surface area contributed by atoms with Crippen LogP contribution in [0, 0.1) is 0 Å². The van der Waals surface area contributed by atoms with Crippen molar-refractivity contribution in [3.8, 4) is 0 Å². The molecule has 0 atom stereocenters. The van der Waals surface area contributed by atoms with Gasteiger partial charge in [0.25, 0.3) is 0 Å². The lowest BCUT2D eigenvalue weighted by Crippen LogP contribution is -2.41. The number of benzene rings is 1. The summed E-state index contributed by atoms with van der Waals surface area (Å²) in [7, 11) is -3.08. The van der Waals surface area contributed by atoms with Crippen molar-refractivity contribution in [3.63, 3.8) is 0 Å². The maximum atomic E-state index is 11.5. The van der Waals surface area contributed by atoms with Crippen molar-refractivity contribution in [2.45, 2.75) is 25.1 Å². The average molecular weight is 355 g/mol. The third kappa shape index (κ3) is 4.23. The summed E-state index contributed by atoms with van der Waals surface area (Å²) in [5, 5.41) is 3.79. The molecule has 0 fully saturated rings. The first kappa shape index (κ1) is 16.0. The molecule has 0 heterocycles. The van der Waals surface area contributed by atoms with Crippen LogP contribution in [0.1, 0.15) is 19.4 Å². The SMILES string of the molecule is CC(C)(CNCc1ccc(Br)cc1Cl)S(C)(=O)=O. The zero-order valence-corrected chi connectivity index (χ0v) is 13.8. The average Bonchev–Trinajstić information content (AvgIpc) is 2.19. The number of rotatable bonds is 5. The predicted molar refractivity (Wildman–Crippen MR) is 79.8 cm³/mol. The standard InChI is InChI=1S/C12H17BrClNO2S/c1-12(2,18(3,16)17)8-15-7-9-4-5-10(13)6-11(9)14/h4-6,15H,7-8H2,1-3H3. The van der Waals surface area contributed by atoms with Gasteiger partial charge < -0.3 is 5.32 Å². The van der Waals surface area contributed by atoms with Gasteiger partial charge in [0, 0.05) is 28.8 Å². The van der Waals surface area contributed by atoms with E-state index in [1.807, 2.05) is 18.2 Å². The molecule has 1 aromatic rings. The molecule has 0 saturated carbocycles. The van der Waals surface area contributed by atoms with Gasteiger partial charge >= 0.3 is 0 Å². The van der Waals surface area contributed by atoms with Crippen LogP contribution in [0.4, 0.5) is 0 Å². The summed E-state index contributed by atoms with van der Waals surface area (Å²) < 4.78 is 23.2. The van der Waals surface area contributed by atoms with Gasteiger partial charge in [-0.3, -0.25) is 0 Å². The minimum Gasteiger partial charge on any atom is -0.311 e. The van der Waals surface area contributed by atoms with Crippen LogP contribution < -0.4 is 5.32 Å². The van der Waals surface area contributed by atoms with Gasteiger partial charge in [-0.2, -0.15) is 0 Å². The Morgan fingerprint density at radius 1 is 1.39 bits per heavy atom. The Hall–Kier alpha value is -0.100. The van der Waals surface area contributed by atoms with E-state index < -0.39 is 14.6 Å². The molecule has 6 heteroatoms. The molecule has 0 bridgehead atoms. The molecule has 0 amide bonds. The normalized spacial score (nSPS) is 12.7. The maximum absolute atomic E-state index is 11.5. The zero-order chi connectivity index (χ0) is 14.0. The van der Waals surface area contributed by atoms with E-state index in [9.17, 15) is 8.42 Å². The van der Waals surface area contributed by atoms with Crippen molar-refractivity contribution < 1.29 is 8.42 Å².